The summed E-state index contributed by atoms with van der Waals surface area (Å²) in [6, 6.07) is 27.9. The van der Waals surface area contributed by atoms with Crippen molar-refractivity contribution >= 4 is 34.4 Å². The number of carbonyl (C=O) groups excluding carboxylic acids is 1. The van der Waals surface area contributed by atoms with Crippen LogP contribution >= 0.6 is 0 Å². The number of para-hydroxylation sites is 3. The first-order chi connectivity index (χ1) is 16.6. The third-order valence-electron chi connectivity index (χ3n) is 6.38. The van der Waals surface area contributed by atoms with Crippen molar-refractivity contribution in [2.75, 3.05) is 38.1 Å². The largest absolute Gasteiger partial charge is 0.465 e. The highest BCUT2D eigenvalue weighted by Gasteiger charge is 2.31. The number of hydrogen-bond donors (Lipinski definition) is 1. The van der Waals surface area contributed by atoms with Gasteiger partial charge in [0.15, 0.2) is 0 Å². The van der Waals surface area contributed by atoms with Gasteiger partial charge < -0.3 is 19.8 Å². The highest BCUT2D eigenvalue weighted by atomic mass is 16.4. The summed E-state index contributed by atoms with van der Waals surface area (Å²) in [7, 11) is 1.97. The van der Waals surface area contributed by atoms with Crippen LogP contribution in [0.15, 0.2) is 84.9 Å². The van der Waals surface area contributed by atoms with Gasteiger partial charge in [0.2, 0.25) is 0 Å². The minimum atomic E-state index is -0.947. The first-order valence-corrected chi connectivity index (χ1v) is 11.3. The van der Waals surface area contributed by atoms with E-state index in [1.165, 1.54) is 4.90 Å². The topological polar surface area (TPSA) is 69.0 Å². The molecule has 0 saturated carbocycles. The monoisotopic (exact) mass is 454 g/mol. The van der Waals surface area contributed by atoms with Gasteiger partial charge >= 0.3 is 6.09 Å². The van der Waals surface area contributed by atoms with Gasteiger partial charge in [0.1, 0.15) is 5.82 Å². The number of fused-ring (bicyclic) bond motifs is 1. The summed E-state index contributed by atoms with van der Waals surface area (Å²) < 4.78 is 2.13. The van der Waals surface area contributed by atoms with Crippen molar-refractivity contribution in [3.8, 4) is 5.69 Å². The second kappa shape index (κ2) is 8.94. The third kappa shape index (κ3) is 3.75. The lowest BCUT2D eigenvalue weighted by atomic mass is 10.1. The zero-order valence-electron chi connectivity index (χ0n) is 19.0. The summed E-state index contributed by atoms with van der Waals surface area (Å²) in [5.41, 5.74) is 3.49. The van der Waals surface area contributed by atoms with Crippen molar-refractivity contribution in [2.45, 2.75) is 0 Å². The Hall–Kier alpha value is -4.26. The minimum absolute atomic E-state index is 0.0892. The van der Waals surface area contributed by atoms with Crippen molar-refractivity contribution in [1.82, 2.24) is 14.4 Å². The number of carboxylic acid groups (broad SMARTS) is 1. The van der Waals surface area contributed by atoms with Gasteiger partial charge in [-0.25, -0.2) is 4.79 Å². The molecule has 0 spiro atoms. The van der Waals surface area contributed by atoms with Crippen LogP contribution in [-0.2, 0) is 0 Å². The van der Waals surface area contributed by atoms with Gasteiger partial charge in [0.25, 0.3) is 5.91 Å². The molecule has 0 aliphatic carbocycles. The Labute approximate surface area is 198 Å². The van der Waals surface area contributed by atoms with Gasteiger partial charge in [-0.2, -0.15) is 0 Å². The number of benzene rings is 3. The Morgan fingerprint density at radius 2 is 1.32 bits per heavy atom. The van der Waals surface area contributed by atoms with Crippen LogP contribution in [0.4, 0.5) is 16.3 Å². The first kappa shape index (κ1) is 21.6. The Morgan fingerprint density at radius 3 is 1.97 bits per heavy atom. The molecule has 1 aliphatic heterocycles. The highest BCUT2D eigenvalue weighted by molar-refractivity contribution is 6.13. The van der Waals surface area contributed by atoms with Crippen LogP contribution in [-0.4, -0.2) is 64.7 Å². The molecule has 5 rings (SSSR count). The molecule has 1 saturated heterocycles. The predicted molar refractivity (Wildman–Crippen MR) is 133 cm³/mol. The Kier molecular flexibility index (Phi) is 5.67. The van der Waals surface area contributed by atoms with E-state index in [4.69, 9.17) is 0 Å². The van der Waals surface area contributed by atoms with Gasteiger partial charge in [-0.05, 0) is 30.3 Å². The van der Waals surface area contributed by atoms with Crippen molar-refractivity contribution in [2.24, 2.45) is 0 Å². The smallest absolute Gasteiger partial charge is 0.407 e. The van der Waals surface area contributed by atoms with Crippen LogP contribution in [0.5, 0.6) is 0 Å². The number of rotatable bonds is 4. The SMILES string of the molecule is CN(c1ccccc1)c1c(C(=O)N2CCN(C(=O)O)CC2)c2ccccc2n1-c1ccccc1. The molecule has 2 heterocycles. The quantitative estimate of drug-likeness (QED) is 0.479. The Balaban J connectivity index is 1.70. The maximum absolute atomic E-state index is 14.0. The fraction of sp³-hybridized carbons (Fsp3) is 0.185. The average Bonchev–Trinajstić information content (AvgIpc) is 3.24. The summed E-state index contributed by atoms with van der Waals surface area (Å²) in [6.45, 7) is 1.35. The standard InChI is InChI=1S/C27H26N4O3/c1-28(20-10-4-2-5-11-20)25-24(26(32)29-16-18-30(19-17-29)27(33)34)22-14-8-9-15-23(22)31(25)21-12-6-3-7-13-21/h2-15H,16-19H2,1H3,(H,33,34). The third-order valence-corrected chi connectivity index (χ3v) is 6.38. The molecule has 1 aromatic heterocycles. The second-order valence-corrected chi connectivity index (χ2v) is 8.34. The van der Waals surface area contributed by atoms with E-state index in [1.54, 1.807) is 4.90 Å². The van der Waals surface area contributed by atoms with Gasteiger partial charge in [0, 0.05) is 50.0 Å². The number of carbonyl (C=O) groups is 2. The molecule has 0 unspecified atom stereocenters. The average molecular weight is 455 g/mol. The molecular weight excluding hydrogens is 428 g/mol. The molecule has 4 aromatic rings. The maximum atomic E-state index is 14.0. The zero-order chi connectivity index (χ0) is 23.7. The molecule has 2 amide bonds. The van der Waals surface area contributed by atoms with Gasteiger partial charge in [0.05, 0.1) is 11.1 Å². The number of hydrogen-bond acceptors (Lipinski definition) is 3. The molecule has 7 nitrogen and oxygen atoms in total. The highest BCUT2D eigenvalue weighted by Crippen LogP contribution is 2.39. The lowest BCUT2D eigenvalue weighted by Crippen LogP contribution is -2.50. The number of anilines is 2. The fourth-order valence-corrected chi connectivity index (χ4v) is 4.63. The van der Waals surface area contributed by atoms with E-state index in [2.05, 4.69) is 4.57 Å². The molecule has 7 heteroatoms. The molecular formula is C27H26N4O3. The molecule has 0 bridgehead atoms. The second-order valence-electron chi connectivity index (χ2n) is 8.34. The van der Waals surface area contributed by atoms with Crippen molar-refractivity contribution in [3.63, 3.8) is 0 Å². The summed E-state index contributed by atoms with van der Waals surface area (Å²) in [5, 5.41) is 10.2. The summed E-state index contributed by atoms with van der Waals surface area (Å²) in [6.07, 6.45) is -0.947. The summed E-state index contributed by atoms with van der Waals surface area (Å²) in [5.74, 6) is 0.693. The molecule has 1 N–H and O–H groups in total. The molecule has 3 aromatic carbocycles. The molecule has 172 valence electrons. The molecule has 34 heavy (non-hydrogen) atoms. The number of amides is 2. The normalized spacial score (nSPS) is 13.8. The summed E-state index contributed by atoms with van der Waals surface area (Å²) >= 11 is 0. The maximum Gasteiger partial charge on any atom is 0.407 e. The van der Waals surface area contributed by atoms with E-state index in [-0.39, 0.29) is 5.91 Å². The predicted octanol–water partition coefficient (Wildman–Crippen LogP) is 4.83. The van der Waals surface area contributed by atoms with Crippen LogP contribution in [0.1, 0.15) is 10.4 Å². The summed E-state index contributed by atoms with van der Waals surface area (Å²) in [4.78, 5) is 30.5. The molecule has 1 fully saturated rings. The number of aromatic nitrogens is 1. The number of nitrogens with zero attached hydrogens (tertiary/aromatic N) is 4. The van der Waals surface area contributed by atoms with Gasteiger partial charge in [-0.1, -0.05) is 54.6 Å². The van der Waals surface area contributed by atoms with E-state index in [0.717, 1.165) is 28.1 Å². The number of piperazine rings is 1. The fourth-order valence-electron chi connectivity index (χ4n) is 4.63. The van der Waals surface area contributed by atoms with E-state index in [0.29, 0.717) is 31.7 Å². The van der Waals surface area contributed by atoms with Crippen LogP contribution in [0, 0.1) is 0 Å². The lowest BCUT2D eigenvalue weighted by Gasteiger charge is -2.33. The zero-order valence-corrected chi connectivity index (χ0v) is 19.0. The van der Waals surface area contributed by atoms with E-state index in [1.807, 2.05) is 96.9 Å². The minimum Gasteiger partial charge on any atom is -0.465 e. The van der Waals surface area contributed by atoms with E-state index < -0.39 is 6.09 Å². The molecule has 1 aliphatic rings. The van der Waals surface area contributed by atoms with Gasteiger partial charge in [-0.15, -0.1) is 0 Å². The van der Waals surface area contributed by atoms with Gasteiger partial charge in [-0.3, -0.25) is 9.36 Å². The Morgan fingerprint density at radius 1 is 0.765 bits per heavy atom. The van der Waals surface area contributed by atoms with Crippen molar-refractivity contribution in [3.05, 3.63) is 90.5 Å². The van der Waals surface area contributed by atoms with Crippen LogP contribution in [0.2, 0.25) is 0 Å². The van der Waals surface area contributed by atoms with E-state index in [9.17, 15) is 14.7 Å². The Bertz CT molecular complexity index is 1330. The van der Waals surface area contributed by atoms with Crippen molar-refractivity contribution in [1.29, 1.82) is 0 Å². The van der Waals surface area contributed by atoms with E-state index >= 15 is 0 Å². The first-order valence-electron chi connectivity index (χ1n) is 11.3. The van der Waals surface area contributed by atoms with Crippen molar-refractivity contribution < 1.29 is 14.7 Å². The lowest BCUT2D eigenvalue weighted by molar-refractivity contribution is 0.0627. The van der Waals surface area contributed by atoms with Crippen LogP contribution < -0.4 is 4.90 Å². The molecule has 0 radical (unpaired) electrons. The van der Waals surface area contributed by atoms with Crippen LogP contribution in [0.25, 0.3) is 16.6 Å². The molecule has 0 atom stereocenters. The van der Waals surface area contributed by atoms with Crippen LogP contribution in [0.3, 0.4) is 0 Å².